The van der Waals surface area contributed by atoms with Crippen molar-refractivity contribution >= 4 is 51.8 Å². The summed E-state index contributed by atoms with van der Waals surface area (Å²) in [6.07, 6.45) is 0. The van der Waals surface area contributed by atoms with E-state index in [2.05, 4.69) is 77.8 Å². The molecule has 2 nitrogen and oxygen atoms in total. The number of ether oxygens (including phenoxy) is 1. The first kappa shape index (κ1) is 13.5. The van der Waals surface area contributed by atoms with Crippen LogP contribution in [0.15, 0.2) is 72.8 Å². The Morgan fingerprint density at radius 2 is 1.52 bits per heavy atom. The second-order valence-corrected chi connectivity index (χ2v) is 7.74. The molecule has 1 atom stereocenters. The zero-order valence-corrected chi connectivity index (χ0v) is 14.3. The molecule has 25 heavy (non-hydrogen) atoms. The van der Waals surface area contributed by atoms with Gasteiger partial charge in [-0.05, 0) is 49.7 Å². The maximum absolute atomic E-state index is 6.28. The van der Waals surface area contributed by atoms with Crippen molar-refractivity contribution in [2.45, 2.75) is 0 Å². The third-order valence-electron chi connectivity index (χ3n) is 4.97. The number of hydrogen-bond donors (Lipinski definition) is 1. The van der Waals surface area contributed by atoms with E-state index in [9.17, 15) is 0 Å². The molecule has 5 aromatic rings. The number of H-pyrrole nitrogens is 1. The van der Waals surface area contributed by atoms with Gasteiger partial charge in [0.2, 0.25) is 0 Å². The standard InChI is InChI=1S/C22H14NOP/c1-2-6-14-12-20-19(11-13(14)5-1)24-18-10-9-16-15-7-3-4-8-17(15)23-21(16)22(18)25-20/h1-12,23,25H. The molecule has 1 N–H and O–H groups in total. The summed E-state index contributed by atoms with van der Waals surface area (Å²) >= 11 is 0. The van der Waals surface area contributed by atoms with Gasteiger partial charge in [-0.2, -0.15) is 0 Å². The van der Waals surface area contributed by atoms with E-state index >= 15 is 0 Å². The molecule has 0 saturated heterocycles. The largest absolute Gasteiger partial charge is 0.456 e. The van der Waals surface area contributed by atoms with Crippen LogP contribution in [0.25, 0.3) is 32.6 Å². The molecule has 0 radical (unpaired) electrons. The Morgan fingerprint density at radius 1 is 0.720 bits per heavy atom. The van der Waals surface area contributed by atoms with E-state index in [1.165, 1.54) is 43.2 Å². The summed E-state index contributed by atoms with van der Waals surface area (Å²) < 4.78 is 6.28. The second kappa shape index (κ2) is 4.84. The molecule has 0 fully saturated rings. The van der Waals surface area contributed by atoms with E-state index < -0.39 is 0 Å². The summed E-state index contributed by atoms with van der Waals surface area (Å²) in [5, 5.41) is 7.59. The molecule has 6 rings (SSSR count). The second-order valence-electron chi connectivity index (χ2n) is 6.45. The number of fused-ring (bicyclic) bond motifs is 7. The highest BCUT2D eigenvalue weighted by molar-refractivity contribution is 7.56. The van der Waals surface area contributed by atoms with Crippen molar-refractivity contribution in [2.24, 2.45) is 0 Å². The summed E-state index contributed by atoms with van der Waals surface area (Å²) in [6.45, 7) is 0. The van der Waals surface area contributed by atoms with Crippen LogP contribution in [0.1, 0.15) is 0 Å². The molecular formula is C22H14NOP. The van der Waals surface area contributed by atoms with Gasteiger partial charge in [0.05, 0.1) is 5.52 Å². The number of aromatic nitrogens is 1. The van der Waals surface area contributed by atoms with Crippen molar-refractivity contribution in [2.75, 3.05) is 0 Å². The molecule has 1 aromatic heterocycles. The fraction of sp³-hybridized carbons (Fsp3) is 0. The number of hydrogen-bond acceptors (Lipinski definition) is 1. The Labute approximate surface area is 146 Å². The number of nitrogens with one attached hydrogen (secondary N) is 1. The number of rotatable bonds is 0. The topological polar surface area (TPSA) is 25.0 Å². The normalized spacial score (nSPS) is 13.9. The minimum absolute atomic E-state index is 0.589. The lowest BCUT2D eigenvalue weighted by atomic mass is 10.1. The maximum Gasteiger partial charge on any atom is 0.137 e. The van der Waals surface area contributed by atoms with Crippen molar-refractivity contribution < 1.29 is 4.74 Å². The van der Waals surface area contributed by atoms with Crippen LogP contribution in [0, 0.1) is 0 Å². The number of para-hydroxylation sites is 1. The van der Waals surface area contributed by atoms with Crippen LogP contribution < -0.4 is 15.3 Å². The van der Waals surface area contributed by atoms with Gasteiger partial charge in [-0.15, -0.1) is 0 Å². The van der Waals surface area contributed by atoms with Crippen molar-refractivity contribution in [1.82, 2.24) is 4.98 Å². The van der Waals surface area contributed by atoms with E-state index in [4.69, 9.17) is 4.74 Å². The van der Waals surface area contributed by atoms with Gasteiger partial charge in [-0.3, -0.25) is 0 Å². The van der Waals surface area contributed by atoms with Gasteiger partial charge in [0, 0.05) is 26.9 Å². The molecule has 1 aliphatic rings. The summed E-state index contributed by atoms with van der Waals surface area (Å²) in [5.41, 5.74) is 2.39. The molecule has 0 aliphatic carbocycles. The molecule has 2 heterocycles. The van der Waals surface area contributed by atoms with E-state index in [-0.39, 0.29) is 0 Å². The van der Waals surface area contributed by atoms with Gasteiger partial charge in [0.1, 0.15) is 11.5 Å². The molecule has 0 bridgehead atoms. The third kappa shape index (κ3) is 1.89. The van der Waals surface area contributed by atoms with Crippen LogP contribution in [0.2, 0.25) is 0 Å². The average molecular weight is 339 g/mol. The molecule has 1 aliphatic heterocycles. The Bertz CT molecular complexity index is 1300. The molecule has 0 saturated carbocycles. The zero-order chi connectivity index (χ0) is 16.4. The van der Waals surface area contributed by atoms with Crippen LogP contribution in [0.3, 0.4) is 0 Å². The van der Waals surface area contributed by atoms with Crippen molar-refractivity contribution in [1.29, 1.82) is 0 Å². The summed E-state index contributed by atoms with van der Waals surface area (Å²) in [6, 6.07) is 25.7. The van der Waals surface area contributed by atoms with Gasteiger partial charge in [0.25, 0.3) is 0 Å². The highest BCUT2D eigenvalue weighted by atomic mass is 31.1. The molecule has 0 amide bonds. The molecular weight excluding hydrogens is 325 g/mol. The number of aromatic amines is 1. The van der Waals surface area contributed by atoms with Crippen molar-refractivity contribution in [3.05, 3.63) is 72.8 Å². The van der Waals surface area contributed by atoms with Crippen LogP contribution in [0.5, 0.6) is 11.5 Å². The Balaban J connectivity index is 1.61. The molecule has 1 unspecified atom stereocenters. The molecule has 3 heteroatoms. The van der Waals surface area contributed by atoms with Crippen LogP contribution in [-0.2, 0) is 0 Å². The van der Waals surface area contributed by atoms with Gasteiger partial charge >= 0.3 is 0 Å². The van der Waals surface area contributed by atoms with Crippen LogP contribution >= 0.6 is 8.58 Å². The fourth-order valence-corrected chi connectivity index (χ4v) is 5.09. The third-order valence-corrected chi connectivity index (χ3v) is 6.38. The minimum atomic E-state index is 0.589. The maximum atomic E-state index is 6.28. The molecule has 118 valence electrons. The SMILES string of the molecule is c1ccc2cc3c(cc2c1)Oc1ccc2c([nH]c4ccccc42)c1P3. The smallest absolute Gasteiger partial charge is 0.137 e. The van der Waals surface area contributed by atoms with E-state index in [0.29, 0.717) is 8.58 Å². The first-order valence-electron chi connectivity index (χ1n) is 8.38. The Hall–Kier alpha value is -2.83. The van der Waals surface area contributed by atoms with Gasteiger partial charge in [-0.1, -0.05) is 42.5 Å². The lowest BCUT2D eigenvalue weighted by Gasteiger charge is -2.21. The van der Waals surface area contributed by atoms with Crippen LogP contribution in [-0.4, -0.2) is 4.98 Å². The van der Waals surface area contributed by atoms with E-state index in [1.807, 2.05) is 0 Å². The molecule has 4 aromatic carbocycles. The highest BCUT2D eigenvalue weighted by Crippen LogP contribution is 2.39. The first-order valence-corrected chi connectivity index (χ1v) is 9.38. The lowest BCUT2D eigenvalue weighted by Crippen LogP contribution is -2.16. The fourth-order valence-electron chi connectivity index (χ4n) is 3.76. The Morgan fingerprint density at radius 3 is 2.44 bits per heavy atom. The average Bonchev–Trinajstić information content (AvgIpc) is 3.04. The predicted molar refractivity (Wildman–Crippen MR) is 107 cm³/mol. The van der Waals surface area contributed by atoms with E-state index in [0.717, 1.165) is 11.5 Å². The zero-order valence-electron chi connectivity index (χ0n) is 13.3. The van der Waals surface area contributed by atoms with Gasteiger partial charge in [0.15, 0.2) is 0 Å². The van der Waals surface area contributed by atoms with Crippen molar-refractivity contribution in [3.63, 3.8) is 0 Å². The lowest BCUT2D eigenvalue weighted by molar-refractivity contribution is 0.490. The highest BCUT2D eigenvalue weighted by Gasteiger charge is 2.21. The van der Waals surface area contributed by atoms with Crippen molar-refractivity contribution in [3.8, 4) is 11.5 Å². The predicted octanol–water partition coefficient (Wildman–Crippen LogP) is 5.21. The van der Waals surface area contributed by atoms with Gasteiger partial charge < -0.3 is 9.72 Å². The molecule has 0 spiro atoms. The van der Waals surface area contributed by atoms with E-state index in [1.54, 1.807) is 0 Å². The quantitative estimate of drug-likeness (QED) is 0.378. The van der Waals surface area contributed by atoms with Crippen LogP contribution in [0.4, 0.5) is 0 Å². The summed E-state index contributed by atoms with van der Waals surface area (Å²) in [7, 11) is 0.589. The number of benzene rings is 4. The summed E-state index contributed by atoms with van der Waals surface area (Å²) in [5.74, 6) is 1.96. The minimum Gasteiger partial charge on any atom is -0.456 e. The summed E-state index contributed by atoms with van der Waals surface area (Å²) in [4.78, 5) is 3.60. The Kier molecular flexibility index (Phi) is 2.61. The van der Waals surface area contributed by atoms with Gasteiger partial charge in [-0.25, -0.2) is 0 Å². The monoisotopic (exact) mass is 339 g/mol. The first-order chi connectivity index (χ1) is 12.4.